The summed E-state index contributed by atoms with van der Waals surface area (Å²) in [4.78, 5) is 30.9. The molecule has 1 unspecified atom stereocenters. The smallest absolute Gasteiger partial charge is 0.244 e. The van der Waals surface area contributed by atoms with Crippen LogP contribution in [0.2, 0.25) is 0 Å². The van der Waals surface area contributed by atoms with Gasteiger partial charge < -0.3 is 15.5 Å². The number of piperazine rings is 1. The van der Waals surface area contributed by atoms with Crippen molar-refractivity contribution in [3.63, 3.8) is 0 Å². The second-order valence-electron chi connectivity index (χ2n) is 7.62. The van der Waals surface area contributed by atoms with Crippen molar-refractivity contribution in [2.75, 3.05) is 24.5 Å². The monoisotopic (exact) mass is 378 g/mol. The maximum Gasteiger partial charge on any atom is 0.244 e. The molecule has 2 bridgehead atoms. The number of benzene rings is 1. The van der Waals surface area contributed by atoms with E-state index in [1.165, 1.54) is 0 Å². The van der Waals surface area contributed by atoms with Gasteiger partial charge in [-0.3, -0.25) is 14.5 Å². The van der Waals surface area contributed by atoms with E-state index in [-0.39, 0.29) is 23.9 Å². The minimum atomic E-state index is -0.749. The standard InChI is InChI=1S/C20H22N6O2/c21-9-13-4-1-2-6-17(13)26-15-8-18(20(26)28)24(11-15)12-16(23)19(27)25-7-3-5-14(25)10-22/h1-2,4,6,14-16,18H,3,5,7-8,11-12,23H2/t14-,15?,16-,18-/m0/s1. The van der Waals surface area contributed by atoms with Crippen LogP contribution in [-0.2, 0) is 9.59 Å². The Balaban J connectivity index is 1.44. The number of fused-ring (bicyclic) bond motifs is 2. The number of carbonyl (C=O) groups is 2. The number of likely N-dealkylation sites (tertiary alicyclic amines) is 2. The van der Waals surface area contributed by atoms with Crippen molar-refractivity contribution in [1.29, 1.82) is 10.5 Å². The van der Waals surface area contributed by atoms with Crippen LogP contribution in [0.3, 0.4) is 0 Å². The molecule has 2 N–H and O–H groups in total. The molecule has 1 aromatic carbocycles. The van der Waals surface area contributed by atoms with Crippen molar-refractivity contribution in [3.05, 3.63) is 29.8 Å². The minimum absolute atomic E-state index is 0.0204. The highest BCUT2D eigenvalue weighted by atomic mass is 16.2. The molecule has 0 spiro atoms. The third-order valence-electron chi connectivity index (χ3n) is 5.99. The fraction of sp³-hybridized carbons (Fsp3) is 0.500. The van der Waals surface area contributed by atoms with Gasteiger partial charge in [0.15, 0.2) is 0 Å². The maximum atomic E-state index is 12.9. The second-order valence-corrected chi connectivity index (χ2v) is 7.62. The van der Waals surface area contributed by atoms with Gasteiger partial charge in [-0.25, -0.2) is 0 Å². The highest BCUT2D eigenvalue weighted by Gasteiger charge is 2.51. The van der Waals surface area contributed by atoms with E-state index < -0.39 is 12.1 Å². The number of anilines is 1. The highest BCUT2D eigenvalue weighted by Crippen LogP contribution is 2.37. The first-order chi connectivity index (χ1) is 13.5. The molecule has 3 aliphatic heterocycles. The van der Waals surface area contributed by atoms with E-state index in [9.17, 15) is 20.1 Å². The zero-order chi connectivity index (χ0) is 19.8. The molecule has 28 heavy (non-hydrogen) atoms. The first kappa shape index (κ1) is 18.4. The summed E-state index contributed by atoms with van der Waals surface area (Å²) in [6.07, 6.45) is 2.18. The van der Waals surface area contributed by atoms with E-state index in [1.807, 2.05) is 11.0 Å². The van der Waals surface area contributed by atoms with Crippen molar-refractivity contribution in [2.24, 2.45) is 5.73 Å². The van der Waals surface area contributed by atoms with Crippen molar-refractivity contribution in [2.45, 2.75) is 43.4 Å². The molecule has 3 saturated heterocycles. The molecule has 3 fully saturated rings. The Morgan fingerprint density at radius 2 is 2.11 bits per heavy atom. The summed E-state index contributed by atoms with van der Waals surface area (Å²) in [7, 11) is 0. The number of nitrogens with two attached hydrogens (primary N) is 1. The molecule has 1 aromatic rings. The van der Waals surface area contributed by atoms with Gasteiger partial charge in [-0.1, -0.05) is 12.1 Å². The van der Waals surface area contributed by atoms with E-state index in [1.54, 1.807) is 28.0 Å². The number of amides is 2. The topological polar surface area (TPSA) is 117 Å². The van der Waals surface area contributed by atoms with Gasteiger partial charge >= 0.3 is 0 Å². The van der Waals surface area contributed by atoms with Gasteiger partial charge in [0, 0.05) is 19.6 Å². The lowest BCUT2D eigenvalue weighted by atomic mass is 10.1. The number of carbonyl (C=O) groups excluding carboxylic acids is 2. The van der Waals surface area contributed by atoms with E-state index in [2.05, 4.69) is 12.1 Å². The molecule has 4 rings (SSSR count). The number of para-hydroxylation sites is 1. The fourth-order valence-electron chi connectivity index (χ4n) is 4.67. The zero-order valence-corrected chi connectivity index (χ0v) is 15.5. The van der Waals surface area contributed by atoms with Gasteiger partial charge in [-0.15, -0.1) is 0 Å². The van der Waals surface area contributed by atoms with Crippen LogP contribution < -0.4 is 10.6 Å². The van der Waals surface area contributed by atoms with E-state index in [0.29, 0.717) is 43.7 Å². The molecule has 0 radical (unpaired) electrons. The SMILES string of the molecule is N#Cc1ccccc1N1C(=O)[C@@H]2CC1CN2C[C@H](N)C(=O)N1CCC[C@H]1C#N. The predicted octanol–water partition coefficient (Wildman–Crippen LogP) is 0.190. The normalized spacial score (nSPS) is 27.7. The molecule has 3 heterocycles. The molecule has 0 aromatic heterocycles. The largest absolute Gasteiger partial charge is 0.325 e. The van der Waals surface area contributed by atoms with Gasteiger partial charge in [0.1, 0.15) is 12.1 Å². The van der Waals surface area contributed by atoms with Crippen LogP contribution in [-0.4, -0.2) is 65.4 Å². The molecule has 0 saturated carbocycles. The minimum Gasteiger partial charge on any atom is -0.325 e. The van der Waals surface area contributed by atoms with E-state index in [4.69, 9.17) is 5.73 Å². The molecule has 8 heteroatoms. The Morgan fingerprint density at radius 1 is 1.32 bits per heavy atom. The summed E-state index contributed by atoms with van der Waals surface area (Å²) >= 11 is 0. The maximum absolute atomic E-state index is 12.9. The highest BCUT2D eigenvalue weighted by molar-refractivity contribution is 6.02. The lowest BCUT2D eigenvalue weighted by Gasteiger charge is -2.35. The number of nitriles is 2. The molecule has 0 aliphatic carbocycles. The molecule has 2 amide bonds. The molecule has 3 aliphatic rings. The first-order valence-electron chi connectivity index (χ1n) is 9.57. The van der Waals surface area contributed by atoms with Crippen LogP contribution in [0.4, 0.5) is 5.69 Å². The quantitative estimate of drug-likeness (QED) is 0.799. The van der Waals surface area contributed by atoms with Crippen LogP contribution in [0.25, 0.3) is 0 Å². The van der Waals surface area contributed by atoms with Gasteiger partial charge in [0.05, 0.1) is 35.4 Å². The number of hydrogen-bond acceptors (Lipinski definition) is 6. The Kier molecular flexibility index (Phi) is 4.76. The third-order valence-corrected chi connectivity index (χ3v) is 5.99. The summed E-state index contributed by atoms with van der Waals surface area (Å²) in [5.74, 6) is -0.263. The van der Waals surface area contributed by atoms with Gasteiger partial charge in [-0.2, -0.15) is 10.5 Å². The summed E-state index contributed by atoms with van der Waals surface area (Å²) in [6.45, 7) is 1.49. The van der Waals surface area contributed by atoms with Crippen molar-refractivity contribution in [3.8, 4) is 12.1 Å². The summed E-state index contributed by atoms with van der Waals surface area (Å²) in [5, 5.41) is 18.5. The Labute approximate surface area is 163 Å². The Bertz CT molecular complexity index is 887. The Hall–Kier alpha value is -2.94. The number of nitrogens with zero attached hydrogens (tertiary/aromatic N) is 5. The Morgan fingerprint density at radius 3 is 2.82 bits per heavy atom. The van der Waals surface area contributed by atoms with Crippen LogP contribution in [0.5, 0.6) is 0 Å². The van der Waals surface area contributed by atoms with Crippen LogP contribution in [0.1, 0.15) is 24.8 Å². The average Bonchev–Trinajstić information content (AvgIpc) is 3.41. The van der Waals surface area contributed by atoms with Crippen molar-refractivity contribution >= 4 is 17.5 Å². The second kappa shape index (κ2) is 7.23. The van der Waals surface area contributed by atoms with Gasteiger partial charge in [0.25, 0.3) is 0 Å². The van der Waals surface area contributed by atoms with E-state index in [0.717, 1.165) is 6.42 Å². The third kappa shape index (κ3) is 2.91. The number of hydrogen-bond donors (Lipinski definition) is 1. The van der Waals surface area contributed by atoms with Crippen LogP contribution in [0.15, 0.2) is 24.3 Å². The predicted molar refractivity (Wildman–Crippen MR) is 101 cm³/mol. The van der Waals surface area contributed by atoms with Crippen molar-refractivity contribution < 1.29 is 9.59 Å². The lowest BCUT2D eigenvalue weighted by Crippen LogP contribution is -2.56. The van der Waals surface area contributed by atoms with Crippen molar-refractivity contribution in [1.82, 2.24) is 9.80 Å². The summed E-state index contributed by atoms with van der Waals surface area (Å²) in [5.41, 5.74) is 7.29. The molecular weight excluding hydrogens is 356 g/mol. The molecule has 144 valence electrons. The molecule has 4 atom stereocenters. The zero-order valence-electron chi connectivity index (χ0n) is 15.5. The molecule has 8 nitrogen and oxygen atoms in total. The lowest BCUT2D eigenvalue weighted by molar-refractivity contribution is -0.134. The molecular formula is C20H22N6O2. The first-order valence-corrected chi connectivity index (χ1v) is 9.57. The summed E-state index contributed by atoms with van der Waals surface area (Å²) < 4.78 is 0. The van der Waals surface area contributed by atoms with Gasteiger partial charge in [0.2, 0.25) is 11.8 Å². The fourth-order valence-corrected chi connectivity index (χ4v) is 4.67. The van der Waals surface area contributed by atoms with E-state index >= 15 is 0 Å². The summed E-state index contributed by atoms with van der Waals surface area (Å²) in [6, 6.07) is 9.94. The average molecular weight is 378 g/mol. The van der Waals surface area contributed by atoms with Gasteiger partial charge in [-0.05, 0) is 31.4 Å². The van der Waals surface area contributed by atoms with Crippen LogP contribution in [0, 0.1) is 22.7 Å². The number of rotatable bonds is 4. The van der Waals surface area contributed by atoms with Crippen LogP contribution >= 0.6 is 0 Å².